The Labute approximate surface area is 113 Å². The molecule has 2 aromatic heterocycles. The first-order valence-electron chi connectivity index (χ1n) is 5.51. The van der Waals surface area contributed by atoms with Gasteiger partial charge in [0.05, 0.1) is 23.1 Å². The van der Waals surface area contributed by atoms with E-state index < -0.39 is 0 Å². The predicted octanol–water partition coefficient (Wildman–Crippen LogP) is 2.37. The SMILES string of the molecule is Cn1cncc1-c1noc(-c2cc(N)ccc2Cl)n1. The van der Waals surface area contributed by atoms with Crippen LogP contribution in [0.3, 0.4) is 0 Å². The van der Waals surface area contributed by atoms with Gasteiger partial charge < -0.3 is 14.8 Å². The first-order chi connectivity index (χ1) is 9.15. The molecule has 0 fully saturated rings. The summed E-state index contributed by atoms with van der Waals surface area (Å²) in [6, 6.07) is 5.10. The van der Waals surface area contributed by atoms with Gasteiger partial charge in [-0.2, -0.15) is 4.98 Å². The molecule has 3 aromatic rings. The van der Waals surface area contributed by atoms with Gasteiger partial charge in [-0.25, -0.2) is 4.98 Å². The van der Waals surface area contributed by atoms with E-state index in [1.165, 1.54) is 0 Å². The van der Waals surface area contributed by atoms with Crippen molar-refractivity contribution in [2.75, 3.05) is 5.73 Å². The maximum atomic E-state index is 6.10. The van der Waals surface area contributed by atoms with Gasteiger partial charge in [-0.05, 0) is 18.2 Å². The third-order valence-electron chi connectivity index (χ3n) is 2.69. The molecule has 0 radical (unpaired) electrons. The number of halogens is 1. The number of anilines is 1. The fourth-order valence-corrected chi connectivity index (χ4v) is 1.91. The second-order valence-corrected chi connectivity index (χ2v) is 4.46. The Morgan fingerprint density at radius 1 is 1.37 bits per heavy atom. The van der Waals surface area contributed by atoms with Crippen molar-refractivity contribution >= 4 is 17.3 Å². The van der Waals surface area contributed by atoms with Crippen molar-refractivity contribution in [1.29, 1.82) is 0 Å². The normalized spacial score (nSPS) is 10.8. The molecule has 0 amide bonds. The fourth-order valence-electron chi connectivity index (χ4n) is 1.72. The van der Waals surface area contributed by atoms with Crippen LogP contribution < -0.4 is 5.73 Å². The molecule has 1 aromatic carbocycles. The van der Waals surface area contributed by atoms with Crippen molar-refractivity contribution in [2.24, 2.45) is 7.05 Å². The third kappa shape index (κ3) is 2.06. The number of hydrogen-bond acceptors (Lipinski definition) is 5. The number of nitrogen functional groups attached to an aromatic ring is 1. The maximum Gasteiger partial charge on any atom is 0.259 e. The number of hydrogen-bond donors (Lipinski definition) is 1. The van der Waals surface area contributed by atoms with Crippen LogP contribution in [0.1, 0.15) is 0 Å². The molecule has 0 saturated heterocycles. The summed E-state index contributed by atoms with van der Waals surface area (Å²) in [4.78, 5) is 8.31. The maximum absolute atomic E-state index is 6.10. The molecule has 0 aliphatic heterocycles. The van der Waals surface area contributed by atoms with Gasteiger partial charge >= 0.3 is 0 Å². The summed E-state index contributed by atoms with van der Waals surface area (Å²) in [6.07, 6.45) is 3.33. The molecule has 7 heteroatoms. The Morgan fingerprint density at radius 2 is 2.21 bits per heavy atom. The molecule has 6 nitrogen and oxygen atoms in total. The molecule has 0 aliphatic rings. The Hall–Kier alpha value is -2.34. The molecule has 0 bridgehead atoms. The summed E-state index contributed by atoms with van der Waals surface area (Å²) >= 11 is 6.10. The quantitative estimate of drug-likeness (QED) is 0.726. The lowest BCUT2D eigenvalue weighted by Crippen LogP contribution is -1.91. The smallest absolute Gasteiger partial charge is 0.259 e. The van der Waals surface area contributed by atoms with Gasteiger partial charge in [0.25, 0.3) is 5.89 Å². The van der Waals surface area contributed by atoms with Crippen molar-refractivity contribution in [3.05, 3.63) is 35.7 Å². The lowest BCUT2D eigenvalue weighted by molar-refractivity contribution is 0.432. The number of aromatic nitrogens is 4. The minimum absolute atomic E-state index is 0.327. The summed E-state index contributed by atoms with van der Waals surface area (Å²) in [7, 11) is 1.85. The van der Waals surface area contributed by atoms with E-state index in [1.807, 2.05) is 7.05 Å². The molecule has 2 heterocycles. The molecule has 0 aliphatic carbocycles. The van der Waals surface area contributed by atoms with E-state index in [-0.39, 0.29) is 0 Å². The molecule has 3 rings (SSSR count). The van der Waals surface area contributed by atoms with Crippen LogP contribution in [0.15, 0.2) is 35.2 Å². The van der Waals surface area contributed by atoms with E-state index in [0.717, 1.165) is 5.69 Å². The van der Waals surface area contributed by atoms with Crippen molar-refractivity contribution in [3.63, 3.8) is 0 Å². The lowest BCUT2D eigenvalue weighted by Gasteiger charge is -1.99. The molecule has 19 heavy (non-hydrogen) atoms. The topological polar surface area (TPSA) is 82.8 Å². The van der Waals surface area contributed by atoms with E-state index >= 15 is 0 Å². The van der Waals surface area contributed by atoms with Crippen LogP contribution >= 0.6 is 11.6 Å². The Morgan fingerprint density at radius 3 is 2.95 bits per heavy atom. The molecule has 2 N–H and O–H groups in total. The fraction of sp³-hybridized carbons (Fsp3) is 0.0833. The number of nitrogens with zero attached hydrogens (tertiary/aromatic N) is 4. The van der Waals surface area contributed by atoms with Crippen molar-refractivity contribution < 1.29 is 4.52 Å². The van der Waals surface area contributed by atoms with Crippen LogP contribution in [0.2, 0.25) is 5.02 Å². The summed E-state index contributed by atoms with van der Waals surface area (Å²) in [6.45, 7) is 0. The average molecular weight is 276 g/mol. The van der Waals surface area contributed by atoms with Gasteiger partial charge in [0.15, 0.2) is 0 Å². The second-order valence-electron chi connectivity index (χ2n) is 4.05. The van der Waals surface area contributed by atoms with E-state index in [2.05, 4.69) is 15.1 Å². The number of aryl methyl sites for hydroxylation is 1. The standard InChI is InChI=1S/C12H10ClN5O/c1-18-6-15-5-10(18)11-16-12(19-17-11)8-4-7(14)2-3-9(8)13/h2-6H,14H2,1H3. The Bertz CT molecular complexity index is 733. The number of rotatable bonds is 2. The van der Waals surface area contributed by atoms with Gasteiger partial charge in [-0.15, -0.1) is 0 Å². The Kier molecular flexibility index (Phi) is 2.72. The van der Waals surface area contributed by atoms with Gasteiger partial charge in [-0.3, -0.25) is 0 Å². The van der Waals surface area contributed by atoms with E-state index in [1.54, 1.807) is 35.3 Å². The highest BCUT2D eigenvalue weighted by Crippen LogP contribution is 2.29. The lowest BCUT2D eigenvalue weighted by atomic mass is 10.2. The first kappa shape index (κ1) is 11.7. The molecular formula is C12H10ClN5O. The third-order valence-corrected chi connectivity index (χ3v) is 3.02. The summed E-state index contributed by atoms with van der Waals surface area (Å²) in [5.74, 6) is 0.780. The Balaban J connectivity index is 2.06. The first-order valence-corrected chi connectivity index (χ1v) is 5.89. The summed E-state index contributed by atoms with van der Waals surface area (Å²) in [5.41, 5.74) is 7.68. The molecule has 0 saturated carbocycles. The van der Waals surface area contributed by atoms with E-state index in [0.29, 0.717) is 28.0 Å². The van der Waals surface area contributed by atoms with Gasteiger partial charge in [-0.1, -0.05) is 16.8 Å². The van der Waals surface area contributed by atoms with Crippen molar-refractivity contribution in [2.45, 2.75) is 0 Å². The molecule has 0 atom stereocenters. The van der Waals surface area contributed by atoms with Gasteiger partial charge in [0, 0.05) is 12.7 Å². The minimum atomic E-state index is 0.327. The zero-order valence-corrected chi connectivity index (χ0v) is 10.8. The highest BCUT2D eigenvalue weighted by Gasteiger charge is 2.15. The predicted molar refractivity (Wildman–Crippen MR) is 71.4 cm³/mol. The van der Waals surface area contributed by atoms with Crippen LogP contribution in [0.25, 0.3) is 23.0 Å². The van der Waals surface area contributed by atoms with Crippen LogP contribution in [0.5, 0.6) is 0 Å². The highest BCUT2D eigenvalue weighted by molar-refractivity contribution is 6.33. The summed E-state index contributed by atoms with van der Waals surface area (Å²) < 4.78 is 7.02. The molecular weight excluding hydrogens is 266 g/mol. The van der Waals surface area contributed by atoms with Crippen LogP contribution in [0, 0.1) is 0 Å². The number of nitrogens with two attached hydrogens (primary N) is 1. The monoisotopic (exact) mass is 275 g/mol. The average Bonchev–Trinajstić information content (AvgIpc) is 3.00. The van der Waals surface area contributed by atoms with Crippen LogP contribution in [0.4, 0.5) is 5.69 Å². The number of benzene rings is 1. The van der Waals surface area contributed by atoms with E-state index in [4.69, 9.17) is 21.9 Å². The van der Waals surface area contributed by atoms with Gasteiger partial charge in [0.1, 0.15) is 5.69 Å². The van der Waals surface area contributed by atoms with E-state index in [9.17, 15) is 0 Å². The summed E-state index contributed by atoms with van der Waals surface area (Å²) in [5, 5.41) is 4.43. The minimum Gasteiger partial charge on any atom is -0.399 e. The zero-order chi connectivity index (χ0) is 13.4. The highest BCUT2D eigenvalue weighted by atomic mass is 35.5. The van der Waals surface area contributed by atoms with Crippen LogP contribution in [-0.4, -0.2) is 19.7 Å². The molecule has 0 unspecified atom stereocenters. The zero-order valence-electron chi connectivity index (χ0n) is 10.0. The van der Waals surface area contributed by atoms with Gasteiger partial charge in [0.2, 0.25) is 5.82 Å². The van der Waals surface area contributed by atoms with Crippen molar-refractivity contribution in [3.8, 4) is 23.0 Å². The molecule has 96 valence electrons. The second kappa shape index (κ2) is 4.40. The largest absolute Gasteiger partial charge is 0.399 e. The molecule has 0 spiro atoms. The number of imidazole rings is 1. The van der Waals surface area contributed by atoms with Crippen molar-refractivity contribution in [1.82, 2.24) is 19.7 Å². The van der Waals surface area contributed by atoms with Crippen LogP contribution in [-0.2, 0) is 7.05 Å².